The van der Waals surface area contributed by atoms with Crippen molar-refractivity contribution in [3.63, 3.8) is 0 Å². The summed E-state index contributed by atoms with van der Waals surface area (Å²) < 4.78 is 0. The maximum atomic E-state index is 11.9. The number of nitrogens with zero attached hydrogens (tertiary/aromatic N) is 2. The van der Waals surface area contributed by atoms with E-state index in [0.717, 1.165) is 23.8 Å². The van der Waals surface area contributed by atoms with Crippen LogP contribution in [-0.2, 0) is 6.54 Å². The van der Waals surface area contributed by atoms with Gasteiger partial charge in [0, 0.05) is 50.4 Å². The van der Waals surface area contributed by atoms with E-state index in [2.05, 4.69) is 46.8 Å². The van der Waals surface area contributed by atoms with Gasteiger partial charge in [0.25, 0.3) is 5.91 Å². The van der Waals surface area contributed by atoms with Crippen LogP contribution in [0.15, 0.2) is 58.4 Å². The Kier molecular flexibility index (Phi) is 11.0. The largest absolute Gasteiger partial charge is 0.356 e. The summed E-state index contributed by atoms with van der Waals surface area (Å²) in [5.74, 6) is 1.75. The van der Waals surface area contributed by atoms with Crippen molar-refractivity contribution in [2.45, 2.75) is 18.4 Å². The standard InChI is InChI=1S/C21H28N4OS.HI/c1-16-5-11-19(12-6-16)27-14-13-23-21(22-2)24-15-17-7-9-18(10-8-17)20(26)25(3)4;/h5-12H,13-15H2,1-4H3,(H2,22,23,24);1H. The lowest BCUT2D eigenvalue weighted by atomic mass is 10.1. The molecule has 0 saturated heterocycles. The number of thioether (sulfide) groups is 1. The lowest BCUT2D eigenvalue weighted by Gasteiger charge is -2.13. The average Bonchev–Trinajstić information content (AvgIpc) is 2.68. The number of carbonyl (C=O) groups is 1. The Morgan fingerprint density at radius 2 is 1.68 bits per heavy atom. The Morgan fingerprint density at radius 1 is 1.04 bits per heavy atom. The second-order valence-electron chi connectivity index (χ2n) is 6.41. The first-order valence-corrected chi connectivity index (χ1v) is 9.92. The number of guanidine groups is 1. The van der Waals surface area contributed by atoms with Crippen molar-refractivity contribution in [2.24, 2.45) is 4.99 Å². The summed E-state index contributed by atoms with van der Waals surface area (Å²) in [7, 11) is 5.27. The smallest absolute Gasteiger partial charge is 0.253 e. The first-order valence-electron chi connectivity index (χ1n) is 8.94. The summed E-state index contributed by atoms with van der Waals surface area (Å²) in [6.45, 7) is 3.58. The van der Waals surface area contributed by atoms with Crippen LogP contribution in [-0.4, -0.2) is 50.2 Å². The maximum absolute atomic E-state index is 11.9. The minimum absolute atomic E-state index is 0. The van der Waals surface area contributed by atoms with E-state index in [0.29, 0.717) is 12.1 Å². The molecule has 152 valence electrons. The quantitative estimate of drug-likeness (QED) is 0.195. The van der Waals surface area contributed by atoms with E-state index in [1.807, 2.05) is 36.0 Å². The summed E-state index contributed by atoms with van der Waals surface area (Å²) in [4.78, 5) is 19.0. The lowest BCUT2D eigenvalue weighted by molar-refractivity contribution is 0.0827. The molecule has 1 amide bonds. The molecule has 0 atom stereocenters. The first-order chi connectivity index (χ1) is 13.0. The van der Waals surface area contributed by atoms with Gasteiger partial charge in [-0.2, -0.15) is 0 Å². The number of hydrogen-bond donors (Lipinski definition) is 2. The molecule has 0 aliphatic rings. The third-order valence-electron chi connectivity index (χ3n) is 3.97. The minimum Gasteiger partial charge on any atom is -0.356 e. The Bertz CT molecular complexity index is 761. The summed E-state index contributed by atoms with van der Waals surface area (Å²) in [5.41, 5.74) is 3.07. The average molecular weight is 512 g/mol. The Morgan fingerprint density at radius 3 is 2.25 bits per heavy atom. The molecule has 2 N–H and O–H groups in total. The molecular weight excluding hydrogens is 483 g/mol. The third-order valence-corrected chi connectivity index (χ3v) is 4.99. The van der Waals surface area contributed by atoms with Crippen LogP contribution in [0.3, 0.4) is 0 Å². The van der Waals surface area contributed by atoms with E-state index in [9.17, 15) is 4.79 Å². The Balaban J connectivity index is 0.00000392. The molecule has 0 aliphatic heterocycles. The van der Waals surface area contributed by atoms with Crippen molar-refractivity contribution >= 4 is 47.6 Å². The van der Waals surface area contributed by atoms with Crippen molar-refractivity contribution < 1.29 is 4.79 Å². The molecule has 2 aromatic carbocycles. The summed E-state index contributed by atoms with van der Waals surface area (Å²) >= 11 is 1.82. The fourth-order valence-electron chi connectivity index (χ4n) is 2.40. The summed E-state index contributed by atoms with van der Waals surface area (Å²) in [6.07, 6.45) is 0. The fraction of sp³-hybridized carbons (Fsp3) is 0.333. The highest BCUT2D eigenvalue weighted by molar-refractivity contribution is 14.0. The predicted molar refractivity (Wildman–Crippen MR) is 130 cm³/mol. The maximum Gasteiger partial charge on any atom is 0.253 e. The highest BCUT2D eigenvalue weighted by Gasteiger charge is 2.07. The Hall–Kier alpha value is -1.74. The highest BCUT2D eigenvalue weighted by atomic mass is 127. The zero-order chi connectivity index (χ0) is 19.6. The van der Waals surface area contributed by atoms with Crippen molar-refractivity contribution in [3.05, 3.63) is 65.2 Å². The molecule has 0 fully saturated rings. The highest BCUT2D eigenvalue weighted by Crippen LogP contribution is 2.17. The van der Waals surface area contributed by atoms with Gasteiger partial charge in [0.05, 0.1) is 0 Å². The van der Waals surface area contributed by atoms with Crippen molar-refractivity contribution in [1.82, 2.24) is 15.5 Å². The van der Waals surface area contributed by atoms with Crippen LogP contribution < -0.4 is 10.6 Å². The molecule has 5 nitrogen and oxygen atoms in total. The van der Waals surface area contributed by atoms with Gasteiger partial charge >= 0.3 is 0 Å². The van der Waals surface area contributed by atoms with Crippen LogP contribution in [0.2, 0.25) is 0 Å². The van der Waals surface area contributed by atoms with Gasteiger partial charge < -0.3 is 15.5 Å². The molecule has 0 aliphatic carbocycles. The number of halogens is 1. The molecule has 0 unspecified atom stereocenters. The van der Waals surface area contributed by atoms with Crippen LogP contribution in [0.5, 0.6) is 0 Å². The molecule has 0 heterocycles. The van der Waals surface area contributed by atoms with Crippen LogP contribution >= 0.6 is 35.7 Å². The van der Waals surface area contributed by atoms with E-state index >= 15 is 0 Å². The zero-order valence-corrected chi connectivity index (χ0v) is 20.0. The molecule has 0 bridgehead atoms. The van der Waals surface area contributed by atoms with Crippen molar-refractivity contribution in [1.29, 1.82) is 0 Å². The second-order valence-corrected chi connectivity index (χ2v) is 7.58. The fourth-order valence-corrected chi connectivity index (χ4v) is 3.17. The van der Waals surface area contributed by atoms with E-state index in [1.165, 1.54) is 10.5 Å². The van der Waals surface area contributed by atoms with E-state index < -0.39 is 0 Å². The minimum atomic E-state index is 0. The number of nitrogens with one attached hydrogen (secondary N) is 2. The molecule has 0 saturated carbocycles. The van der Waals surface area contributed by atoms with Crippen LogP contribution in [0, 0.1) is 6.92 Å². The molecule has 0 radical (unpaired) electrons. The van der Waals surface area contributed by atoms with Gasteiger partial charge in [0.1, 0.15) is 0 Å². The molecule has 0 aromatic heterocycles. The third kappa shape index (κ3) is 8.10. The number of carbonyl (C=O) groups excluding carboxylic acids is 1. The number of rotatable bonds is 7. The number of amides is 1. The van der Waals surface area contributed by atoms with Crippen molar-refractivity contribution in [2.75, 3.05) is 33.4 Å². The van der Waals surface area contributed by atoms with Gasteiger partial charge in [-0.1, -0.05) is 29.8 Å². The SMILES string of the molecule is CN=C(NCCSc1ccc(C)cc1)NCc1ccc(C(=O)N(C)C)cc1.I. The molecule has 7 heteroatoms. The molecular formula is C21H29IN4OS. The number of aliphatic imine (C=N–C) groups is 1. The molecule has 0 spiro atoms. The molecule has 28 heavy (non-hydrogen) atoms. The van der Waals surface area contributed by atoms with Gasteiger partial charge in [-0.05, 0) is 36.8 Å². The summed E-state index contributed by atoms with van der Waals surface area (Å²) in [6, 6.07) is 16.2. The van der Waals surface area contributed by atoms with Gasteiger partial charge in [-0.25, -0.2) is 0 Å². The van der Waals surface area contributed by atoms with Crippen LogP contribution in [0.4, 0.5) is 0 Å². The zero-order valence-electron chi connectivity index (χ0n) is 16.9. The molecule has 2 rings (SSSR count). The van der Waals surface area contributed by atoms with Gasteiger partial charge in [0.2, 0.25) is 0 Å². The molecule has 2 aromatic rings. The first kappa shape index (κ1) is 24.3. The number of hydrogen-bond acceptors (Lipinski definition) is 3. The van der Waals surface area contributed by atoms with Gasteiger partial charge in [0.15, 0.2) is 5.96 Å². The number of aryl methyl sites for hydroxylation is 1. The normalized spacial score (nSPS) is 10.8. The topological polar surface area (TPSA) is 56.7 Å². The van der Waals surface area contributed by atoms with Crippen molar-refractivity contribution in [3.8, 4) is 0 Å². The predicted octanol–water partition coefficient (Wildman–Crippen LogP) is 3.77. The van der Waals surface area contributed by atoms with Crippen LogP contribution in [0.25, 0.3) is 0 Å². The van der Waals surface area contributed by atoms with E-state index in [4.69, 9.17) is 0 Å². The monoisotopic (exact) mass is 512 g/mol. The second kappa shape index (κ2) is 12.7. The van der Waals surface area contributed by atoms with E-state index in [1.54, 1.807) is 26.0 Å². The van der Waals surface area contributed by atoms with Gasteiger partial charge in [-0.3, -0.25) is 9.79 Å². The Labute approximate surface area is 189 Å². The van der Waals surface area contributed by atoms with E-state index in [-0.39, 0.29) is 29.9 Å². The number of benzene rings is 2. The van der Waals surface area contributed by atoms with Gasteiger partial charge in [-0.15, -0.1) is 35.7 Å². The van der Waals surface area contributed by atoms with Crippen LogP contribution in [0.1, 0.15) is 21.5 Å². The summed E-state index contributed by atoms with van der Waals surface area (Å²) in [5, 5.41) is 6.62. The lowest BCUT2D eigenvalue weighted by Crippen LogP contribution is -2.37.